The Hall–Kier alpha value is -3.55. The predicted octanol–water partition coefficient (Wildman–Crippen LogP) is -2.04. The van der Waals surface area contributed by atoms with E-state index in [1.54, 1.807) is 0 Å². The van der Waals surface area contributed by atoms with Gasteiger partial charge in [0.15, 0.2) is 35.6 Å². The smallest absolute Gasteiger partial charge is 0.330 e. The van der Waals surface area contributed by atoms with Crippen molar-refractivity contribution in [2.75, 3.05) is 19.8 Å². The lowest BCUT2D eigenvalue weighted by Crippen LogP contribution is -2.65. The number of phenols is 4. The number of ether oxygens (including phenoxy) is 5. The van der Waals surface area contributed by atoms with Crippen LogP contribution in [0, 0.1) is 0 Å². The molecule has 0 aromatic heterocycles. The first-order chi connectivity index (χ1) is 21.4. The first-order valence-electron chi connectivity index (χ1n) is 13.9. The molecule has 10 atom stereocenters. The number of hydrogen-bond acceptors (Lipinski definition) is 16. The second-order valence-electron chi connectivity index (χ2n) is 10.5. The average molecular weight is 641 g/mol. The quantitative estimate of drug-likeness (QED) is 0.0720. The lowest BCUT2D eigenvalue weighted by molar-refractivity contribution is -0.360. The number of carbonyl (C=O) groups excluding carboxylic acids is 1. The fourth-order valence-electron chi connectivity index (χ4n) is 4.71. The van der Waals surface area contributed by atoms with Crippen LogP contribution >= 0.6 is 0 Å². The van der Waals surface area contributed by atoms with Gasteiger partial charge in [0.05, 0.1) is 13.2 Å². The Bertz CT molecular complexity index is 1320. The molecule has 0 radical (unpaired) electrons. The number of aliphatic hydroxyl groups excluding tert-OH is 6. The van der Waals surface area contributed by atoms with E-state index in [1.807, 2.05) is 0 Å². The van der Waals surface area contributed by atoms with Crippen LogP contribution in [-0.4, -0.2) is 138 Å². The summed E-state index contributed by atoms with van der Waals surface area (Å²) >= 11 is 0. The molecule has 0 saturated carbocycles. The highest BCUT2D eigenvalue weighted by Gasteiger charge is 2.51. The number of aromatic hydroxyl groups is 4. The summed E-state index contributed by atoms with van der Waals surface area (Å²) in [5, 5.41) is 100. The van der Waals surface area contributed by atoms with E-state index >= 15 is 0 Å². The van der Waals surface area contributed by atoms with E-state index in [4.69, 9.17) is 23.7 Å². The molecule has 0 aliphatic carbocycles. The van der Waals surface area contributed by atoms with E-state index in [9.17, 15) is 55.9 Å². The summed E-state index contributed by atoms with van der Waals surface area (Å²) < 4.78 is 27.5. The van der Waals surface area contributed by atoms with Gasteiger partial charge in [-0.25, -0.2) is 4.79 Å². The third-order valence-electron chi connectivity index (χ3n) is 7.30. The fourth-order valence-corrected chi connectivity index (χ4v) is 4.71. The first kappa shape index (κ1) is 34.3. The molecule has 0 spiro atoms. The first-order valence-corrected chi connectivity index (χ1v) is 13.9. The molecular weight excluding hydrogens is 604 g/mol. The highest BCUT2D eigenvalue weighted by atomic mass is 16.7. The van der Waals surface area contributed by atoms with Gasteiger partial charge in [-0.3, -0.25) is 0 Å². The van der Waals surface area contributed by atoms with Crippen molar-refractivity contribution in [2.24, 2.45) is 0 Å². The third kappa shape index (κ3) is 8.39. The average Bonchev–Trinajstić information content (AvgIpc) is 3.01. The summed E-state index contributed by atoms with van der Waals surface area (Å²) in [5.41, 5.74) is 0.923. The fraction of sp³-hybridized carbons (Fsp3) is 0.483. The summed E-state index contributed by atoms with van der Waals surface area (Å²) in [6.07, 6.45) is -13.9. The zero-order chi connectivity index (χ0) is 32.8. The third-order valence-corrected chi connectivity index (χ3v) is 7.30. The summed E-state index contributed by atoms with van der Waals surface area (Å²) in [4.78, 5) is 12.4. The molecule has 2 aromatic carbocycles. The van der Waals surface area contributed by atoms with Crippen molar-refractivity contribution in [3.8, 4) is 23.0 Å². The second-order valence-corrected chi connectivity index (χ2v) is 10.5. The second kappa shape index (κ2) is 15.2. The standard InChI is InChI=1S/C29H36O16/c30-11-19-22(36)24(38)25(39)29(43-19)45-27-23(37)20(12-42-21(35)6-3-13-1-4-15(31)17(33)9-13)44-28(26(27)40)41-8-7-14-2-5-16(32)18(34)10-14/h1-6,9-10,19-20,22-34,36-40H,7-8,11-12H2/b6-3+/t19-,20-,22-,23-,24+,25-,26-,27+,28-,29+/m0/s1. The normalized spacial score (nSPS) is 32.0. The molecule has 0 bridgehead atoms. The molecule has 2 aliphatic heterocycles. The molecule has 10 N–H and O–H groups in total. The van der Waals surface area contributed by atoms with Crippen molar-refractivity contribution in [1.82, 2.24) is 0 Å². The Labute approximate surface area is 256 Å². The predicted molar refractivity (Wildman–Crippen MR) is 149 cm³/mol. The topological polar surface area (TPSA) is 266 Å². The van der Waals surface area contributed by atoms with Crippen LogP contribution in [-0.2, 0) is 34.9 Å². The maximum Gasteiger partial charge on any atom is 0.330 e. The molecule has 0 unspecified atom stereocenters. The maximum atomic E-state index is 12.4. The Morgan fingerprint density at radius 3 is 2.09 bits per heavy atom. The molecule has 16 heteroatoms. The molecule has 248 valence electrons. The zero-order valence-corrected chi connectivity index (χ0v) is 23.6. The number of phenolic OH excluding ortho intramolecular Hbond substituents is 4. The van der Waals surface area contributed by atoms with Crippen molar-refractivity contribution in [3.63, 3.8) is 0 Å². The summed E-state index contributed by atoms with van der Waals surface area (Å²) in [7, 11) is 0. The van der Waals surface area contributed by atoms with E-state index in [2.05, 4.69) is 0 Å². The monoisotopic (exact) mass is 640 g/mol. The van der Waals surface area contributed by atoms with E-state index < -0.39 is 86.3 Å². The van der Waals surface area contributed by atoms with Crippen LogP contribution in [0.3, 0.4) is 0 Å². The minimum Gasteiger partial charge on any atom is -0.504 e. The molecular formula is C29H36O16. The Morgan fingerprint density at radius 2 is 1.42 bits per heavy atom. The van der Waals surface area contributed by atoms with Crippen LogP contribution < -0.4 is 0 Å². The number of hydrogen-bond donors (Lipinski definition) is 10. The number of carbonyl (C=O) groups is 1. The molecule has 2 fully saturated rings. The molecule has 2 heterocycles. The lowest BCUT2D eigenvalue weighted by atomic mass is 9.97. The summed E-state index contributed by atoms with van der Waals surface area (Å²) in [5.74, 6) is -2.31. The van der Waals surface area contributed by atoms with Gasteiger partial charge in [0.25, 0.3) is 0 Å². The van der Waals surface area contributed by atoms with E-state index in [1.165, 1.54) is 42.5 Å². The van der Waals surface area contributed by atoms with Crippen molar-refractivity contribution >= 4 is 12.0 Å². The Morgan fingerprint density at radius 1 is 0.756 bits per heavy atom. The largest absolute Gasteiger partial charge is 0.504 e. The van der Waals surface area contributed by atoms with Crippen molar-refractivity contribution in [3.05, 3.63) is 53.6 Å². The van der Waals surface area contributed by atoms with Gasteiger partial charge in [-0.1, -0.05) is 12.1 Å². The Kier molecular flexibility index (Phi) is 11.6. The minimum absolute atomic E-state index is 0.108. The van der Waals surface area contributed by atoms with Crippen LogP contribution in [0.4, 0.5) is 0 Å². The van der Waals surface area contributed by atoms with Crippen LogP contribution in [0.1, 0.15) is 11.1 Å². The maximum absolute atomic E-state index is 12.4. The van der Waals surface area contributed by atoms with Gasteiger partial charge in [-0.05, 0) is 47.9 Å². The van der Waals surface area contributed by atoms with Crippen molar-refractivity contribution in [1.29, 1.82) is 0 Å². The lowest BCUT2D eigenvalue weighted by Gasteiger charge is -2.46. The SMILES string of the molecule is O=C(/C=C/c1ccc(O)c(O)c1)OC[C@@H]1O[C@H](OCCc2ccc(O)c(O)c2)[C@@H](O)[C@H](O[C@H]2O[C@@H](CO)[C@H](O)[C@@H](O)[C@@H]2O)[C@H]1O. The molecule has 4 rings (SSSR count). The molecule has 45 heavy (non-hydrogen) atoms. The molecule has 2 aliphatic rings. The molecule has 2 saturated heterocycles. The van der Waals surface area contributed by atoms with Crippen molar-refractivity contribution in [2.45, 2.75) is 67.8 Å². The van der Waals surface area contributed by atoms with Crippen LogP contribution in [0.5, 0.6) is 23.0 Å². The highest BCUT2D eigenvalue weighted by Crippen LogP contribution is 2.31. The van der Waals surface area contributed by atoms with Crippen LogP contribution in [0.2, 0.25) is 0 Å². The van der Waals surface area contributed by atoms with Crippen molar-refractivity contribution < 1.29 is 79.5 Å². The molecule has 16 nitrogen and oxygen atoms in total. The number of benzene rings is 2. The summed E-state index contributed by atoms with van der Waals surface area (Å²) in [6.45, 7) is -1.44. The van der Waals surface area contributed by atoms with Gasteiger partial charge in [0.1, 0.15) is 55.4 Å². The number of aliphatic hydroxyl groups is 6. The van der Waals surface area contributed by atoms with Gasteiger partial charge < -0.3 is 74.7 Å². The molecule has 0 amide bonds. The minimum atomic E-state index is -1.85. The van der Waals surface area contributed by atoms with Crippen LogP contribution in [0.15, 0.2) is 42.5 Å². The zero-order valence-electron chi connectivity index (χ0n) is 23.6. The Balaban J connectivity index is 1.45. The van der Waals surface area contributed by atoms with Gasteiger partial charge >= 0.3 is 5.97 Å². The van der Waals surface area contributed by atoms with E-state index in [0.717, 1.165) is 6.08 Å². The van der Waals surface area contributed by atoms with Gasteiger partial charge in [0.2, 0.25) is 0 Å². The number of rotatable bonds is 11. The van der Waals surface area contributed by atoms with Crippen LogP contribution in [0.25, 0.3) is 6.08 Å². The van der Waals surface area contributed by atoms with Gasteiger partial charge in [0, 0.05) is 6.08 Å². The highest BCUT2D eigenvalue weighted by molar-refractivity contribution is 5.87. The molecule has 2 aromatic rings. The van der Waals surface area contributed by atoms with Gasteiger partial charge in [-0.15, -0.1) is 0 Å². The number of esters is 1. The van der Waals surface area contributed by atoms with E-state index in [0.29, 0.717) is 11.1 Å². The van der Waals surface area contributed by atoms with Gasteiger partial charge in [-0.2, -0.15) is 0 Å². The van der Waals surface area contributed by atoms with E-state index in [-0.39, 0.29) is 30.3 Å². The summed E-state index contributed by atoms with van der Waals surface area (Å²) in [6, 6.07) is 7.97.